The highest BCUT2D eigenvalue weighted by Crippen LogP contribution is 2.30. The van der Waals surface area contributed by atoms with E-state index in [1.54, 1.807) is 24.4 Å². The number of nitrogens with zero attached hydrogens (tertiary/aromatic N) is 4. The summed E-state index contributed by atoms with van der Waals surface area (Å²) in [5.74, 6) is 1.14. The van der Waals surface area contributed by atoms with Gasteiger partial charge in [-0.25, -0.2) is 8.42 Å². The van der Waals surface area contributed by atoms with Crippen LogP contribution in [0, 0.1) is 0 Å². The minimum Gasteiger partial charge on any atom is -0.492 e. The molecule has 0 saturated carbocycles. The molecule has 1 saturated heterocycles. The Morgan fingerprint density at radius 2 is 1.96 bits per heavy atom. The first-order chi connectivity index (χ1) is 12.0. The molecule has 9 heteroatoms. The normalized spacial score (nSPS) is 16.0. The van der Waals surface area contributed by atoms with Crippen LogP contribution in [0.1, 0.15) is 6.92 Å². The van der Waals surface area contributed by atoms with E-state index in [2.05, 4.69) is 26.1 Å². The van der Waals surface area contributed by atoms with E-state index in [0.717, 1.165) is 5.82 Å². The Balaban J connectivity index is 1.80. The first-order valence-electron chi connectivity index (χ1n) is 7.97. The van der Waals surface area contributed by atoms with Crippen molar-refractivity contribution in [1.82, 2.24) is 14.5 Å². The van der Waals surface area contributed by atoms with E-state index in [9.17, 15) is 8.42 Å². The molecule has 0 bridgehead atoms. The van der Waals surface area contributed by atoms with Crippen LogP contribution in [0.2, 0.25) is 0 Å². The average molecular weight is 427 g/mol. The Bertz CT molecular complexity index is 825. The lowest BCUT2D eigenvalue weighted by atomic mass is 10.3. The molecule has 2 heterocycles. The maximum absolute atomic E-state index is 13.1. The van der Waals surface area contributed by atoms with E-state index in [0.29, 0.717) is 43.0 Å². The summed E-state index contributed by atoms with van der Waals surface area (Å²) in [6.07, 6.45) is 1.62. The van der Waals surface area contributed by atoms with Gasteiger partial charge in [-0.1, -0.05) is 15.9 Å². The molecule has 1 aliphatic rings. The van der Waals surface area contributed by atoms with Crippen molar-refractivity contribution in [3.63, 3.8) is 0 Å². The van der Waals surface area contributed by atoms with Gasteiger partial charge in [0, 0.05) is 36.8 Å². The number of rotatable bonds is 5. The number of halogens is 1. The van der Waals surface area contributed by atoms with Crippen molar-refractivity contribution >= 4 is 31.8 Å². The van der Waals surface area contributed by atoms with Crippen LogP contribution >= 0.6 is 15.9 Å². The minimum atomic E-state index is -3.63. The zero-order valence-electron chi connectivity index (χ0n) is 13.8. The molecule has 0 spiro atoms. The number of hydrogen-bond acceptors (Lipinski definition) is 6. The van der Waals surface area contributed by atoms with E-state index < -0.39 is 10.0 Å². The molecule has 0 aliphatic carbocycles. The van der Waals surface area contributed by atoms with Gasteiger partial charge in [-0.15, -0.1) is 5.10 Å². The predicted molar refractivity (Wildman–Crippen MR) is 98.3 cm³/mol. The molecule has 1 fully saturated rings. The summed E-state index contributed by atoms with van der Waals surface area (Å²) < 4.78 is 33.8. The van der Waals surface area contributed by atoms with Crippen molar-refractivity contribution in [2.75, 3.05) is 37.7 Å². The van der Waals surface area contributed by atoms with Gasteiger partial charge in [-0.3, -0.25) is 0 Å². The van der Waals surface area contributed by atoms with Crippen molar-refractivity contribution in [2.24, 2.45) is 0 Å². The van der Waals surface area contributed by atoms with Gasteiger partial charge in [0.2, 0.25) is 10.0 Å². The fourth-order valence-electron chi connectivity index (χ4n) is 2.72. The molecule has 25 heavy (non-hydrogen) atoms. The highest BCUT2D eigenvalue weighted by molar-refractivity contribution is 9.10. The molecule has 0 N–H and O–H groups in total. The van der Waals surface area contributed by atoms with Gasteiger partial charge in [-0.2, -0.15) is 9.40 Å². The molecule has 0 unspecified atom stereocenters. The Morgan fingerprint density at radius 3 is 2.60 bits per heavy atom. The predicted octanol–water partition coefficient (Wildman–Crippen LogP) is 2.15. The van der Waals surface area contributed by atoms with Crippen LogP contribution in [0.15, 0.2) is 45.9 Å². The summed E-state index contributed by atoms with van der Waals surface area (Å²) in [6, 6.07) is 8.74. The van der Waals surface area contributed by atoms with Crippen molar-refractivity contribution in [1.29, 1.82) is 0 Å². The summed E-state index contributed by atoms with van der Waals surface area (Å²) in [7, 11) is -3.63. The third kappa shape index (κ3) is 3.94. The smallest absolute Gasteiger partial charge is 0.246 e. The fourth-order valence-corrected chi connectivity index (χ4v) is 4.81. The second kappa shape index (κ2) is 7.67. The van der Waals surface area contributed by atoms with Gasteiger partial charge in [0.15, 0.2) is 5.82 Å². The van der Waals surface area contributed by atoms with Gasteiger partial charge in [0.25, 0.3) is 0 Å². The first-order valence-corrected chi connectivity index (χ1v) is 10.2. The Labute approximate surface area is 155 Å². The van der Waals surface area contributed by atoms with E-state index >= 15 is 0 Å². The Morgan fingerprint density at radius 1 is 1.20 bits per heavy atom. The van der Waals surface area contributed by atoms with Crippen molar-refractivity contribution in [2.45, 2.75) is 11.8 Å². The maximum Gasteiger partial charge on any atom is 0.246 e. The Kier molecular flexibility index (Phi) is 5.55. The summed E-state index contributed by atoms with van der Waals surface area (Å²) >= 11 is 3.34. The van der Waals surface area contributed by atoms with Crippen LogP contribution in [0.5, 0.6) is 5.75 Å². The standard InChI is InChI=1S/C16H19BrN4O3S/c1-2-24-14-6-5-13(17)12-15(14)25(22,23)21-10-8-20(9-11-21)16-4-3-7-18-19-16/h3-7,12H,2,8-11H2,1H3. The fraction of sp³-hybridized carbons (Fsp3) is 0.375. The van der Waals surface area contributed by atoms with Crippen LogP contribution in [0.25, 0.3) is 0 Å². The molecular formula is C16H19BrN4O3S. The molecular weight excluding hydrogens is 408 g/mol. The second-order valence-electron chi connectivity index (χ2n) is 5.50. The minimum absolute atomic E-state index is 0.191. The molecule has 1 aromatic carbocycles. The highest BCUT2D eigenvalue weighted by Gasteiger charge is 2.31. The lowest BCUT2D eigenvalue weighted by Crippen LogP contribution is -2.49. The summed E-state index contributed by atoms with van der Waals surface area (Å²) in [4.78, 5) is 2.22. The summed E-state index contributed by atoms with van der Waals surface area (Å²) in [5.41, 5.74) is 0. The number of sulfonamides is 1. The zero-order valence-corrected chi connectivity index (χ0v) is 16.2. The van der Waals surface area contributed by atoms with Gasteiger partial charge in [-0.05, 0) is 37.3 Å². The van der Waals surface area contributed by atoms with Crippen LogP contribution in [-0.2, 0) is 10.0 Å². The molecule has 1 aromatic heterocycles. The number of benzene rings is 1. The Hall–Kier alpha value is -1.71. The van der Waals surface area contributed by atoms with E-state index in [1.807, 2.05) is 24.0 Å². The maximum atomic E-state index is 13.1. The van der Waals surface area contributed by atoms with Gasteiger partial charge < -0.3 is 9.64 Å². The molecule has 0 amide bonds. The number of anilines is 1. The van der Waals surface area contributed by atoms with Crippen molar-refractivity contribution in [3.8, 4) is 5.75 Å². The largest absolute Gasteiger partial charge is 0.492 e. The second-order valence-corrected chi connectivity index (χ2v) is 8.32. The van der Waals surface area contributed by atoms with Crippen LogP contribution in [-0.4, -0.2) is 55.7 Å². The number of ether oxygens (including phenoxy) is 1. The first kappa shape index (κ1) is 18.1. The molecule has 1 aliphatic heterocycles. The number of hydrogen-bond donors (Lipinski definition) is 0. The van der Waals surface area contributed by atoms with Crippen LogP contribution < -0.4 is 9.64 Å². The highest BCUT2D eigenvalue weighted by atomic mass is 79.9. The third-order valence-corrected chi connectivity index (χ3v) is 6.36. The molecule has 134 valence electrons. The number of piperazine rings is 1. The van der Waals surface area contributed by atoms with Gasteiger partial charge in [0.05, 0.1) is 6.61 Å². The quantitative estimate of drug-likeness (QED) is 0.728. The molecule has 7 nitrogen and oxygen atoms in total. The molecule has 3 rings (SSSR count). The van der Waals surface area contributed by atoms with Gasteiger partial charge in [0.1, 0.15) is 10.6 Å². The molecule has 2 aromatic rings. The summed E-state index contributed by atoms with van der Waals surface area (Å²) in [6.45, 7) is 4.14. The lowest BCUT2D eigenvalue weighted by Gasteiger charge is -2.34. The van der Waals surface area contributed by atoms with E-state index in [1.165, 1.54) is 4.31 Å². The lowest BCUT2D eigenvalue weighted by molar-refractivity contribution is 0.327. The zero-order chi connectivity index (χ0) is 17.9. The molecule has 0 atom stereocenters. The number of aromatic nitrogens is 2. The summed E-state index contributed by atoms with van der Waals surface area (Å²) in [5, 5.41) is 7.95. The monoisotopic (exact) mass is 426 g/mol. The third-order valence-electron chi connectivity index (χ3n) is 3.94. The topological polar surface area (TPSA) is 75.6 Å². The SMILES string of the molecule is CCOc1ccc(Br)cc1S(=O)(=O)N1CCN(c2cccnn2)CC1. The van der Waals surface area contributed by atoms with Crippen LogP contribution in [0.3, 0.4) is 0 Å². The average Bonchev–Trinajstić information content (AvgIpc) is 2.64. The van der Waals surface area contributed by atoms with Gasteiger partial charge >= 0.3 is 0 Å². The van der Waals surface area contributed by atoms with Crippen molar-refractivity contribution < 1.29 is 13.2 Å². The van der Waals surface area contributed by atoms with E-state index in [-0.39, 0.29) is 4.90 Å². The van der Waals surface area contributed by atoms with Crippen molar-refractivity contribution in [3.05, 3.63) is 41.0 Å². The molecule has 0 radical (unpaired) electrons. The van der Waals surface area contributed by atoms with Crippen LogP contribution in [0.4, 0.5) is 5.82 Å². The van der Waals surface area contributed by atoms with E-state index in [4.69, 9.17) is 4.74 Å².